The Kier molecular flexibility index (Phi) is 5.49. The van der Waals surface area contributed by atoms with E-state index in [9.17, 15) is 4.39 Å². The lowest BCUT2D eigenvalue weighted by Crippen LogP contribution is -2.15. The molecule has 0 saturated carbocycles. The highest BCUT2D eigenvalue weighted by Gasteiger charge is 2.20. The Morgan fingerprint density at radius 2 is 2.21 bits per heavy atom. The summed E-state index contributed by atoms with van der Waals surface area (Å²) in [6, 6.07) is 0. The lowest BCUT2D eigenvalue weighted by atomic mass is 10.1. The van der Waals surface area contributed by atoms with Crippen molar-refractivity contribution in [3.05, 3.63) is 60.6 Å². The van der Waals surface area contributed by atoms with Crippen LogP contribution in [0.15, 0.2) is 65.6 Å². The average Bonchev–Trinajstić information content (AvgIpc) is 2.28. The van der Waals surface area contributed by atoms with Crippen molar-refractivity contribution >= 4 is 6.21 Å². The zero-order chi connectivity index (χ0) is 14.3. The molecular formula is C16H21FN2. The fourth-order valence-corrected chi connectivity index (χ4v) is 1.52. The fraction of sp³-hybridized carbons (Fsp3) is 0.312. The Hall–Kier alpha value is -1.90. The Morgan fingerprint density at radius 1 is 1.47 bits per heavy atom. The first kappa shape index (κ1) is 15.2. The third-order valence-electron chi connectivity index (χ3n) is 2.58. The first-order chi connectivity index (χ1) is 8.93. The second-order valence-electron chi connectivity index (χ2n) is 4.84. The van der Waals surface area contributed by atoms with Gasteiger partial charge in [-0.15, -0.1) is 6.58 Å². The lowest BCUT2D eigenvalue weighted by molar-refractivity contribution is 0.266. The lowest BCUT2D eigenvalue weighted by Gasteiger charge is -2.15. The molecule has 19 heavy (non-hydrogen) atoms. The number of alkyl halides is 1. The van der Waals surface area contributed by atoms with Gasteiger partial charge >= 0.3 is 0 Å². The van der Waals surface area contributed by atoms with Gasteiger partial charge in [0.15, 0.2) is 0 Å². The van der Waals surface area contributed by atoms with E-state index in [1.807, 2.05) is 12.2 Å². The molecule has 1 aliphatic heterocycles. The first-order valence-electron chi connectivity index (χ1n) is 6.31. The summed E-state index contributed by atoms with van der Waals surface area (Å²) in [6.45, 7) is 10.6. The molecule has 0 spiro atoms. The third-order valence-corrected chi connectivity index (χ3v) is 2.58. The Bertz CT molecular complexity index is 460. The molecule has 0 aliphatic carbocycles. The van der Waals surface area contributed by atoms with Gasteiger partial charge in [0.1, 0.15) is 5.67 Å². The van der Waals surface area contributed by atoms with E-state index in [-0.39, 0.29) is 0 Å². The number of hydrogen-bond acceptors (Lipinski definition) is 2. The molecule has 0 saturated heterocycles. The maximum Gasteiger partial charge on any atom is 0.147 e. The van der Waals surface area contributed by atoms with Crippen LogP contribution in [0.1, 0.15) is 26.7 Å². The van der Waals surface area contributed by atoms with Gasteiger partial charge in [-0.3, -0.25) is 4.99 Å². The van der Waals surface area contributed by atoms with Gasteiger partial charge in [-0.2, -0.15) is 0 Å². The van der Waals surface area contributed by atoms with Crippen LogP contribution in [0.25, 0.3) is 0 Å². The monoisotopic (exact) mass is 260 g/mol. The molecule has 0 bridgehead atoms. The van der Waals surface area contributed by atoms with Crippen LogP contribution >= 0.6 is 0 Å². The Morgan fingerprint density at radius 3 is 2.84 bits per heavy atom. The van der Waals surface area contributed by atoms with Gasteiger partial charge in [0.2, 0.25) is 0 Å². The largest absolute Gasteiger partial charge is 0.359 e. The molecule has 0 aromatic carbocycles. The summed E-state index contributed by atoms with van der Waals surface area (Å²) in [5.74, 6) is 0. The van der Waals surface area contributed by atoms with Gasteiger partial charge in [0, 0.05) is 17.6 Å². The van der Waals surface area contributed by atoms with Crippen LogP contribution in [0.2, 0.25) is 0 Å². The van der Waals surface area contributed by atoms with Crippen molar-refractivity contribution < 1.29 is 4.39 Å². The minimum Gasteiger partial charge on any atom is -0.359 e. The van der Waals surface area contributed by atoms with Crippen LogP contribution < -0.4 is 5.32 Å². The van der Waals surface area contributed by atoms with E-state index in [1.165, 1.54) is 13.8 Å². The molecule has 0 aromatic heterocycles. The number of allylic oxidation sites excluding steroid dienone is 7. The van der Waals surface area contributed by atoms with Crippen LogP contribution in [0, 0.1) is 0 Å². The summed E-state index contributed by atoms with van der Waals surface area (Å²) in [4.78, 5) is 4.12. The molecule has 0 radical (unpaired) electrons. The van der Waals surface area contributed by atoms with Gasteiger partial charge in [0.05, 0.1) is 5.70 Å². The summed E-state index contributed by atoms with van der Waals surface area (Å²) < 4.78 is 13.8. The summed E-state index contributed by atoms with van der Waals surface area (Å²) >= 11 is 0. The molecule has 0 amide bonds. The molecule has 2 nitrogen and oxygen atoms in total. The molecule has 0 fully saturated rings. The van der Waals surface area contributed by atoms with E-state index in [0.717, 1.165) is 24.2 Å². The molecule has 3 heteroatoms. The summed E-state index contributed by atoms with van der Waals surface area (Å²) in [6.07, 6.45) is 12.3. The molecule has 0 atom stereocenters. The highest BCUT2D eigenvalue weighted by Crippen LogP contribution is 2.22. The average molecular weight is 260 g/mol. The van der Waals surface area contributed by atoms with Gasteiger partial charge < -0.3 is 5.32 Å². The van der Waals surface area contributed by atoms with Crippen molar-refractivity contribution in [2.75, 3.05) is 0 Å². The Labute approximate surface area is 114 Å². The second kappa shape index (κ2) is 6.88. The summed E-state index contributed by atoms with van der Waals surface area (Å²) in [5, 5.41) is 3.19. The third kappa shape index (κ3) is 5.51. The standard InChI is InChI=1S/C16H21FN2/c1-5-6-8-13(2)19-14-9-7-10-15(16(3,4)17)18-12-11-14/h5,7,9-12,19H,1-2,6,8H2,3-4H3/b9-7+,10-7?,12-11?,14-9?,14-11+,15-10-,18-12+,18-15?. The smallest absolute Gasteiger partial charge is 0.147 e. The van der Waals surface area contributed by atoms with Crippen molar-refractivity contribution in [2.24, 2.45) is 4.99 Å². The van der Waals surface area contributed by atoms with Gasteiger partial charge in [-0.1, -0.05) is 18.7 Å². The minimum absolute atomic E-state index is 0.407. The normalized spacial score (nSPS) is 23.9. The highest BCUT2D eigenvalue weighted by molar-refractivity contribution is 5.74. The van der Waals surface area contributed by atoms with Crippen LogP contribution in [-0.2, 0) is 0 Å². The Balaban J connectivity index is 2.68. The molecule has 1 aliphatic rings. The number of hydrogen-bond donors (Lipinski definition) is 1. The molecule has 1 heterocycles. The van der Waals surface area contributed by atoms with Crippen molar-refractivity contribution in [3.63, 3.8) is 0 Å². The van der Waals surface area contributed by atoms with Gasteiger partial charge in [0.25, 0.3) is 0 Å². The summed E-state index contributed by atoms with van der Waals surface area (Å²) in [5.41, 5.74) is 0.766. The van der Waals surface area contributed by atoms with E-state index >= 15 is 0 Å². The van der Waals surface area contributed by atoms with E-state index in [0.29, 0.717) is 5.70 Å². The molecule has 0 unspecified atom stereocenters. The topological polar surface area (TPSA) is 24.4 Å². The molecule has 1 rings (SSSR count). The molecule has 102 valence electrons. The van der Waals surface area contributed by atoms with Crippen molar-refractivity contribution in [2.45, 2.75) is 32.4 Å². The van der Waals surface area contributed by atoms with Crippen LogP contribution in [0.5, 0.6) is 0 Å². The first-order valence-corrected chi connectivity index (χ1v) is 6.31. The quantitative estimate of drug-likeness (QED) is 0.711. The van der Waals surface area contributed by atoms with Crippen molar-refractivity contribution in [1.29, 1.82) is 0 Å². The van der Waals surface area contributed by atoms with Crippen molar-refractivity contribution in [1.82, 2.24) is 5.32 Å². The SMILES string of the molecule is C=CCCC(=C)NC1=C/C=N/C(C(C)(C)F)=C\C=C\1. The number of rotatable bonds is 6. The van der Waals surface area contributed by atoms with Gasteiger partial charge in [-0.25, -0.2) is 4.39 Å². The number of halogens is 1. The predicted molar refractivity (Wildman–Crippen MR) is 80.7 cm³/mol. The van der Waals surface area contributed by atoms with Crippen LogP contribution in [0.4, 0.5) is 4.39 Å². The van der Waals surface area contributed by atoms with Crippen LogP contribution in [-0.4, -0.2) is 11.9 Å². The van der Waals surface area contributed by atoms with E-state index in [4.69, 9.17) is 0 Å². The number of nitrogens with zero attached hydrogens (tertiary/aromatic N) is 1. The van der Waals surface area contributed by atoms with Gasteiger partial charge in [-0.05, 0) is 44.9 Å². The molecular weight excluding hydrogens is 239 g/mol. The van der Waals surface area contributed by atoms with E-state index < -0.39 is 5.67 Å². The van der Waals surface area contributed by atoms with Crippen LogP contribution in [0.3, 0.4) is 0 Å². The van der Waals surface area contributed by atoms with E-state index in [2.05, 4.69) is 23.5 Å². The van der Waals surface area contributed by atoms with Crippen molar-refractivity contribution in [3.8, 4) is 0 Å². The number of nitrogens with one attached hydrogen (secondary N) is 1. The van der Waals surface area contributed by atoms with E-state index in [1.54, 1.807) is 24.4 Å². The zero-order valence-electron chi connectivity index (χ0n) is 11.6. The maximum atomic E-state index is 13.8. The summed E-state index contributed by atoms with van der Waals surface area (Å²) in [7, 11) is 0. The highest BCUT2D eigenvalue weighted by atomic mass is 19.1. The minimum atomic E-state index is -1.44. The molecule has 0 aromatic rings. The second-order valence-corrected chi connectivity index (χ2v) is 4.84. The zero-order valence-corrected chi connectivity index (χ0v) is 11.6. The predicted octanol–water partition coefficient (Wildman–Crippen LogP) is 4.21. The molecule has 1 N–H and O–H groups in total. The number of aliphatic imine (C=N–C) groups is 1. The fourth-order valence-electron chi connectivity index (χ4n) is 1.52. The maximum absolute atomic E-state index is 13.8.